The number of ether oxygens (including phenoxy) is 1. The normalized spacial score (nSPS) is 10.8. The summed E-state index contributed by atoms with van der Waals surface area (Å²) in [6.45, 7) is 4.18. The second-order valence-electron chi connectivity index (χ2n) is 4.84. The maximum Gasteiger partial charge on any atom is 0.355 e. The Morgan fingerprint density at radius 2 is 2.00 bits per heavy atom. The maximum atomic E-state index is 12.2. The molecule has 0 saturated carbocycles. The van der Waals surface area contributed by atoms with Crippen LogP contribution in [0.2, 0.25) is 0 Å². The predicted molar refractivity (Wildman–Crippen MR) is 81.8 cm³/mol. The fraction of sp³-hybridized carbons (Fsp3) is 0.176. The second-order valence-corrected chi connectivity index (χ2v) is 4.84. The molecule has 0 radical (unpaired) electrons. The molecule has 0 unspecified atom stereocenters. The van der Waals surface area contributed by atoms with Crippen LogP contribution in [0, 0.1) is 6.92 Å². The lowest BCUT2D eigenvalue weighted by molar-refractivity contribution is 0.0517. The molecule has 3 rings (SSSR count). The number of fused-ring (bicyclic) bond motifs is 1. The van der Waals surface area contributed by atoms with E-state index in [2.05, 4.69) is 4.98 Å². The number of carbonyl (C=O) groups excluding carboxylic acids is 1. The summed E-state index contributed by atoms with van der Waals surface area (Å²) in [5, 5.41) is 0.918. The minimum absolute atomic E-state index is 0.337. The van der Waals surface area contributed by atoms with Crippen LogP contribution in [0.4, 0.5) is 0 Å². The van der Waals surface area contributed by atoms with Gasteiger partial charge in [0.2, 0.25) is 0 Å². The molecule has 0 bridgehead atoms. The van der Waals surface area contributed by atoms with Crippen LogP contribution < -0.4 is 0 Å². The Bertz CT molecular complexity index is 788. The first kappa shape index (κ1) is 13.4. The molecule has 0 atom stereocenters. The lowest BCUT2D eigenvalue weighted by Gasteiger charge is -2.09. The number of carbonyl (C=O) groups is 1. The molecule has 0 aliphatic rings. The van der Waals surface area contributed by atoms with Crippen molar-refractivity contribution >= 4 is 17.0 Å². The van der Waals surface area contributed by atoms with Gasteiger partial charge in [0.15, 0.2) is 0 Å². The summed E-state index contributed by atoms with van der Waals surface area (Å²) in [6.07, 6.45) is 1.72. The molecule has 0 N–H and O–H groups in total. The summed E-state index contributed by atoms with van der Waals surface area (Å²) in [7, 11) is 0. The predicted octanol–water partition coefficient (Wildman–Crippen LogP) is 3.51. The molecule has 1 aromatic carbocycles. The highest BCUT2D eigenvalue weighted by atomic mass is 16.5. The van der Waals surface area contributed by atoms with E-state index in [1.54, 1.807) is 13.1 Å². The Hall–Kier alpha value is -2.62. The standard InChI is InChI=1S/C17H16N2O2/c1-3-21-17(20)15-11-13-5-4-10-18-16(13)19(15)14-8-6-12(2)7-9-14/h4-11H,3H2,1-2H3. The number of rotatable bonds is 3. The summed E-state index contributed by atoms with van der Waals surface area (Å²) < 4.78 is 7.00. The van der Waals surface area contributed by atoms with Gasteiger partial charge in [0, 0.05) is 17.3 Å². The fourth-order valence-electron chi connectivity index (χ4n) is 2.35. The van der Waals surface area contributed by atoms with Crippen LogP contribution in [-0.2, 0) is 4.74 Å². The Morgan fingerprint density at radius 1 is 1.24 bits per heavy atom. The molecular weight excluding hydrogens is 264 g/mol. The maximum absolute atomic E-state index is 12.2. The van der Waals surface area contributed by atoms with E-state index in [0.717, 1.165) is 16.7 Å². The van der Waals surface area contributed by atoms with Crippen LogP contribution in [0.3, 0.4) is 0 Å². The van der Waals surface area contributed by atoms with E-state index < -0.39 is 0 Å². The van der Waals surface area contributed by atoms with Crippen LogP contribution in [0.25, 0.3) is 16.7 Å². The number of hydrogen-bond acceptors (Lipinski definition) is 3. The van der Waals surface area contributed by atoms with Gasteiger partial charge in [-0.15, -0.1) is 0 Å². The third-order valence-electron chi connectivity index (χ3n) is 3.34. The minimum atomic E-state index is -0.337. The van der Waals surface area contributed by atoms with Crippen molar-refractivity contribution < 1.29 is 9.53 Å². The molecule has 4 nitrogen and oxygen atoms in total. The van der Waals surface area contributed by atoms with Crippen LogP contribution in [0.5, 0.6) is 0 Å². The SMILES string of the molecule is CCOC(=O)c1cc2cccnc2n1-c1ccc(C)cc1. The summed E-state index contributed by atoms with van der Waals surface area (Å²) in [4.78, 5) is 16.6. The molecule has 0 saturated heterocycles. The first-order valence-corrected chi connectivity index (χ1v) is 6.91. The number of aryl methyl sites for hydroxylation is 1. The summed E-state index contributed by atoms with van der Waals surface area (Å²) >= 11 is 0. The number of benzene rings is 1. The highest BCUT2D eigenvalue weighted by Gasteiger charge is 2.18. The Kier molecular flexibility index (Phi) is 3.44. The third kappa shape index (κ3) is 2.40. The number of hydrogen-bond donors (Lipinski definition) is 0. The van der Waals surface area contributed by atoms with Crippen molar-refractivity contribution in [3.63, 3.8) is 0 Å². The number of aromatic nitrogens is 2. The number of pyridine rings is 1. The van der Waals surface area contributed by atoms with E-state index >= 15 is 0 Å². The largest absolute Gasteiger partial charge is 0.461 e. The molecule has 0 aliphatic carbocycles. The zero-order valence-electron chi connectivity index (χ0n) is 12.0. The highest BCUT2D eigenvalue weighted by Crippen LogP contribution is 2.23. The molecule has 4 heteroatoms. The smallest absolute Gasteiger partial charge is 0.355 e. The van der Waals surface area contributed by atoms with Crippen molar-refractivity contribution in [1.29, 1.82) is 0 Å². The molecule has 21 heavy (non-hydrogen) atoms. The quantitative estimate of drug-likeness (QED) is 0.690. The van der Waals surface area contributed by atoms with Gasteiger partial charge in [-0.25, -0.2) is 9.78 Å². The molecule has 0 fully saturated rings. The number of nitrogens with zero attached hydrogens (tertiary/aromatic N) is 2. The first-order valence-electron chi connectivity index (χ1n) is 6.91. The Balaban J connectivity index is 2.24. The topological polar surface area (TPSA) is 44.1 Å². The average Bonchev–Trinajstić information content (AvgIpc) is 2.88. The monoisotopic (exact) mass is 280 g/mol. The van der Waals surface area contributed by atoms with Gasteiger partial charge in [-0.1, -0.05) is 17.7 Å². The first-order chi connectivity index (χ1) is 10.2. The van der Waals surface area contributed by atoms with Crippen LogP contribution in [0.1, 0.15) is 23.0 Å². The fourth-order valence-corrected chi connectivity index (χ4v) is 2.35. The average molecular weight is 280 g/mol. The van der Waals surface area contributed by atoms with Crippen molar-refractivity contribution in [1.82, 2.24) is 9.55 Å². The van der Waals surface area contributed by atoms with Crippen LogP contribution in [0.15, 0.2) is 48.7 Å². The molecular formula is C17H16N2O2. The van der Waals surface area contributed by atoms with E-state index in [1.807, 2.05) is 54.0 Å². The van der Waals surface area contributed by atoms with Crippen molar-refractivity contribution in [2.45, 2.75) is 13.8 Å². The molecule has 2 heterocycles. The van der Waals surface area contributed by atoms with Gasteiger partial charge in [-0.05, 0) is 44.2 Å². The van der Waals surface area contributed by atoms with E-state index in [9.17, 15) is 4.79 Å². The third-order valence-corrected chi connectivity index (χ3v) is 3.34. The lowest BCUT2D eigenvalue weighted by atomic mass is 10.2. The molecule has 106 valence electrons. The van der Waals surface area contributed by atoms with Gasteiger partial charge >= 0.3 is 5.97 Å². The lowest BCUT2D eigenvalue weighted by Crippen LogP contribution is -2.11. The van der Waals surface area contributed by atoms with Gasteiger partial charge in [0.1, 0.15) is 11.3 Å². The Morgan fingerprint density at radius 3 is 2.71 bits per heavy atom. The van der Waals surface area contributed by atoms with E-state index in [0.29, 0.717) is 12.3 Å². The highest BCUT2D eigenvalue weighted by molar-refractivity contribution is 5.95. The molecule has 0 amide bonds. The van der Waals surface area contributed by atoms with Gasteiger partial charge in [0.05, 0.1) is 6.61 Å². The van der Waals surface area contributed by atoms with E-state index in [1.165, 1.54) is 5.56 Å². The second kappa shape index (κ2) is 5.40. The summed E-state index contributed by atoms with van der Waals surface area (Å²) in [5.74, 6) is -0.337. The van der Waals surface area contributed by atoms with Gasteiger partial charge in [0.25, 0.3) is 0 Å². The summed E-state index contributed by atoms with van der Waals surface area (Å²) in [6, 6.07) is 13.6. The van der Waals surface area contributed by atoms with Crippen LogP contribution in [-0.4, -0.2) is 22.1 Å². The minimum Gasteiger partial charge on any atom is -0.461 e. The van der Waals surface area contributed by atoms with Crippen molar-refractivity contribution in [3.05, 3.63) is 59.9 Å². The van der Waals surface area contributed by atoms with Crippen molar-refractivity contribution in [2.75, 3.05) is 6.61 Å². The van der Waals surface area contributed by atoms with Crippen molar-refractivity contribution in [3.8, 4) is 5.69 Å². The molecule has 3 aromatic rings. The molecule has 2 aromatic heterocycles. The van der Waals surface area contributed by atoms with E-state index in [4.69, 9.17) is 4.74 Å². The zero-order chi connectivity index (χ0) is 14.8. The summed E-state index contributed by atoms with van der Waals surface area (Å²) in [5.41, 5.74) is 3.32. The van der Waals surface area contributed by atoms with Crippen LogP contribution >= 0.6 is 0 Å². The van der Waals surface area contributed by atoms with Gasteiger partial charge in [-0.3, -0.25) is 4.57 Å². The molecule has 0 aliphatic heterocycles. The van der Waals surface area contributed by atoms with E-state index in [-0.39, 0.29) is 5.97 Å². The Labute approximate surface area is 123 Å². The number of esters is 1. The molecule has 0 spiro atoms. The van der Waals surface area contributed by atoms with Gasteiger partial charge in [-0.2, -0.15) is 0 Å². The zero-order valence-corrected chi connectivity index (χ0v) is 12.0. The van der Waals surface area contributed by atoms with Gasteiger partial charge < -0.3 is 4.74 Å². The van der Waals surface area contributed by atoms with Crippen molar-refractivity contribution in [2.24, 2.45) is 0 Å².